The molecular weight excluding hydrogens is 421 g/mol. The van der Waals surface area contributed by atoms with Crippen LogP contribution in [-0.4, -0.2) is 24.8 Å². The van der Waals surface area contributed by atoms with Gasteiger partial charge in [0.15, 0.2) is 0 Å². The molecule has 0 spiro atoms. The van der Waals surface area contributed by atoms with Gasteiger partial charge in [-0.25, -0.2) is 8.42 Å². The van der Waals surface area contributed by atoms with E-state index in [0.29, 0.717) is 17.2 Å². The summed E-state index contributed by atoms with van der Waals surface area (Å²) in [5.74, 6) is 0.500. The molecule has 1 aromatic heterocycles. The minimum absolute atomic E-state index is 0.00413. The fourth-order valence-electron chi connectivity index (χ4n) is 2.50. The number of ether oxygens (including phenoxy) is 1. The highest BCUT2D eigenvalue weighted by Crippen LogP contribution is 2.30. The number of amides is 1. The van der Waals surface area contributed by atoms with Gasteiger partial charge in [0.25, 0.3) is 15.7 Å². The monoisotopic (exact) mass is 436 g/mol. The van der Waals surface area contributed by atoms with Gasteiger partial charge < -0.3 is 10.1 Å². The molecule has 0 aliphatic heterocycles. The molecule has 3 aromatic rings. The molecule has 0 unspecified atom stereocenters. The molecule has 0 radical (unpaired) electrons. The molecule has 156 valence electrons. The third-order valence-electron chi connectivity index (χ3n) is 4.03. The summed E-state index contributed by atoms with van der Waals surface area (Å²) in [6.07, 6.45) is 3.17. The van der Waals surface area contributed by atoms with Crippen molar-refractivity contribution in [3.8, 4) is 11.5 Å². The predicted molar refractivity (Wildman–Crippen MR) is 103 cm³/mol. The molecule has 1 amide bonds. The predicted octanol–water partition coefficient (Wildman–Crippen LogP) is 4.73. The lowest BCUT2D eigenvalue weighted by atomic mass is 10.1. The van der Waals surface area contributed by atoms with E-state index >= 15 is 0 Å². The summed E-state index contributed by atoms with van der Waals surface area (Å²) >= 11 is 0. The number of nitrogens with zero attached hydrogens (tertiary/aromatic N) is 1. The van der Waals surface area contributed by atoms with E-state index in [2.05, 4.69) is 10.3 Å². The van der Waals surface area contributed by atoms with Crippen LogP contribution in [0.2, 0.25) is 0 Å². The van der Waals surface area contributed by atoms with Crippen LogP contribution < -0.4 is 10.1 Å². The molecule has 6 nitrogen and oxygen atoms in total. The Morgan fingerprint density at radius 3 is 2.33 bits per heavy atom. The average Bonchev–Trinajstić information content (AvgIpc) is 2.70. The Labute approximate surface area is 170 Å². The Morgan fingerprint density at radius 2 is 1.77 bits per heavy atom. The van der Waals surface area contributed by atoms with Crippen molar-refractivity contribution in [1.29, 1.82) is 0 Å². The summed E-state index contributed by atoms with van der Waals surface area (Å²) in [4.78, 5) is 15.4. The van der Waals surface area contributed by atoms with Gasteiger partial charge >= 0.3 is 5.51 Å². The van der Waals surface area contributed by atoms with Gasteiger partial charge in [0.2, 0.25) is 0 Å². The number of carbonyl (C=O) groups excluding carboxylic acids is 1. The average molecular weight is 436 g/mol. The van der Waals surface area contributed by atoms with Gasteiger partial charge in [-0.3, -0.25) is 9.78 Å². The first-order chi connectivity index (χ1) is 14.1. The zero-order valence-corrected chi connectivity index (χ0v) is 16.3. The zero-order valence-electron chi connectivity index (χ0n) is 15.5. The minimum atomic E-state index is -5.46. The fraction of sp³-hybridized carbons (Fsp3) is 0.100. The Hall–Kier alpha value is -3.40. The fourth-order valence-corrected chi connectivity index (χ4v) is 3.26. The molecule has 0 saturated heterocycles. The van der Waals surface area contributed by atoms with Crippen molar-refractivity contribution >= 4 is 21.4 Å². The number of alkyl halides is 3. The molecular formula is C20H15F3N2O4S. The molecule has 30 heavy (non-hydrogen) atoms. The van der Waals surface area contributed by atoms with E-state index in [4.69, 9.17) is 4.74 Å². The van der Waals surface area contributed by atoms with Crippen LogP contribution in [0, 0.1) is 6.92 Å². The van der Waals surface area contributed by atoms with Crippen LogP contribution in [0.25, 0.3) is 0 Å². The Balaban J connectivity index is 1.72. The molecule has 3 rings (SSSR count). The third-order valence-corrected chi connectivity index (χ3v) is 5.53. The lowest BCUT2D eigenvalue weighted by Gasteiger charge is -2.11. The van der Waals surface area contributed by atoms with E-state index in [0.717, 1.165) is 29.8 Å². The number of carbonyl (C=O) groups is 1. The molecule has 1 heterocycles. The number of pyridine rings is 1. The van der Waals surface area contributed by atoms with Gasteiger partial charge in [-0.15, -0.1) is 0 Å². The second-order valence-electron chi connectivity index (χ2n) is 6.20. The second-order valence-corrected chi connectivity index (χ2v) is 8.14. The molecule has 1 N–H and O–H groups in total. The van der Waals surface area contributed by atoms with Crippen molar-refractivity contribution in [2.45, 2.75) is 17.3 Å². The second kappa shape index (κ2) is 8.15. The van der Waals surface area contributed by atoms with Crippen LogP contribution in [0.1, 0.15) is 15.9 Å². The maximum atomic E-state index is 12.6. The number of anilines is 1. The first-order valence-corrected chi connectivity index (χ1v) is 9.97. The summed E-state index contributed by atoms with van der Waals surface area (Å²) in [6.45, 7) is 1.78. The van der Waals surface area contributed by atoms with Crippen molar-refractivity contribution in [1.82, 2.24) is 4.98 Å². The van der Waals surface area contributed by atoms with Crippen molar-refractivity contribution in [3.05, 3.63) is 78.1 Å². The standard InChI is InChI=1S/C20H15F3N2O4S/c1-13-11-15(6-9-18(13)29-16-3-2-10-24-12-16)25-19(26)14-4-7-17(8-5-14)30(27,28)20(21,22)23/h2-12H,1H3,(H,25,26). The number of hydrogen-bond acceptors (Lipinski definition) is 5. The summed E-state index contributed by atoms with van der Waals surface area (Å²) < 4.78 is 66.3. The van der Waals surface area contributed by atoms with Crippen LogP contribution >= 0.6 is 0 Å². The van der Waals surface area contributed by atoms with E-state index in [1.807, 2.05) is 0 Å². The number of aryl methyl sites for hydroxylation is 1. The highest BCUT2D eigenvalue weighted by molar-refractivity contribution is 7.92. The highest BCUT2D eigenvalue weighted by Gasteiger charge is 2.46. The molecule has 0 aliphatic carbocycles. The van der Waals surface area contributed by atoms with Gasteiger partial charge in [0, 0.05) is 17.4 Å². The number of rotatable bonds is 5. The largest absolute Gasteiger partial charge is 0.501 e. The Kier molecular flexibility index (Phi) is 5.79. The van der Waals surface area contributed by atoms with E-state index in [1.54, 1.807) is 49.6 Å². The lowest BCUT2D eigenvalue weighted by Crippen LogP contribution is -2.23. The van der Waals surface area contributed by atoms with Crippen LogP contribution in [0.4, 0.5) is 18.9 Å². The molecule has 0 bridgehead atoms. The summed E-state index contributed by atoms with van der Waals surface area (Å²) in [6, 6.07) is 11.9. The van der Waals surface area contributed by atoms with Crippen LogP contribution in [-0.2, 0) is 9.84 Å². The number of sulfone groups is 1. The zero-order chi connectivity index (χ0) is 21.9. The number of halogens is 3. The van der Waals surface area contributed by atoms with Crippen LogP contribution in [0.15, 0.2) is 71.9 Å². The number of benzene rings is 2. The topological polar surface area (TPSA) is 85.4 Å². The molecule has 0 saturated carbocycles. The van der Waals surface area contributed by atoms with E-state index in [-0.39, 0.29) is 5.56 Å². The lowest BCUT2D eigenvalue weighted by molar-refractivity contribution is -0.0436. The van der Waals surface area contributed by atoms with Crippen LogP contribution in [0.3, 0.4) is 0 Å². The highest BCUT2D eigenvalue weighted by atomic mass is 32.2. The van der Waals surface area contributed by atoms with Gasteiger partial charge in [0.1, 0.15) is 11.5 Å². The normalized spacial score (nSPS) is 11.7. The SMILES string of the molecule is Cc1cc(NC(=O)c2ccc(S(=O)(=O)C(F)(F)F)cc2)ccc1Oc1cccnc1. The first-order valence-electron chi connectivity index (χ1n) is 8.49. The molecule has 0 aliphatic rings. The maximum Gasteiger partial charge on any atom is 0.501 e. The first kappa shape index (κ1) is 21.3. The number of nitrogens with one attached hydrogen (secondary N) is 1. The van der Waals surface area contributed by atoms with Gasteiger partial charge in [-0.1, -0.05) is 0 Å². The van der Waals surface area contributed by atoms with Crippen molar-refractivity contribution in [2.75, 3.05) is 5.32 Å². The van der Waals surface area contributed by atoms with E-state index in [1.165, 1.54) is 0 Å². The van der Waals surface area contributed by atoms with Gasteiger partial charge in [-0.05, 0) is 67.1 Å². The molecule has 0 fully saturated rings. The molecule has 2 aromatic carbocycles. The number of hydrogen-bond donors (Lipinski definition) is 1. The van der Waals surface area contributed by atoms with Crippen molar-refractivity contribution in [2.24, 2.45) is 0 Å². The van der Waals surface area contributed by atoms with Crippen LogP contribution in [0.5, 0.6) is 11.5 Å². The summed E-state index contributed by atoms with van der Waals surface area (Å²) in [7, 11) is -5.46. The maximum absolute atomic E-state index is 12.6. The Morgan fingerprint density at radius 1 is 1.07 bits per heavy atom. The molecule has 0 atom stereocenters. The molecule has 10 heteroatoms. The van der Waals surface area contributed by atoms with Gasteiger partial charge in [0.05, 0.1) is 11.1 Å². The summed E-state index contributed by atoms with van der Waals surface area (Å²) in [5.41, 5.74) is -4.25. The van der Waals surface area contributed by atoms with E-state index in [9.17, 15) is 26.4 Å². The Bertz CT molecular complexity index is 1160. The third kappa shape index (κ3) is 4.60. The van der Waals surface area contributed by atoms with E-state index < -0.39 is 26.1 Å². The minimum Gasteiger partial charge on any atom is -0.455 e. The smallest absolute Gasteiger partial charge is 0.455 e. The van der Waals surface area contributed by atoms with Gasteiger partial charge in [-0.2, -0.15) is 13.2 Å². The van der Waals surface area contributed by atoms with Crippen molar-refractivity contribution < 1.29 is 31.1 Å². The van der Waals surface area contributed by atoms with Crippen molar-refractivity contribution in [3.63, 3.8) is 0 Å². The number of aromatic nitrogens is 1. The quantitative estimate of drug-likeness (QED) is 0.625. The summed E-state index contributed by atoms with van der Waals surface area (Å²) in [5, 5.41) is 2.60.